The molecule has 0 atom stereocenters. The molecule has 23 heavy (non-hydrogen) atoms. The first-order valence-corrected chi connectivity index (χ1v) is 6.38. The summed E-state index contributed by atoms with van der Waals surface area (Å²) in [5.74, 6) is 1.59. The lowest BCUT2D eigenvalue weighted by molar-refractivity contribution is 0.335. The van der Waals surface area contributed by atoms with Crippen molar-refractivity contribution in [3.05, 3.63) is 12.1 Å². The molecule has 0 aromatic carbocycles. The lowest BCUT2D eigenvalue weighted by Gasteiger charge is -2.12. The number of methoxy groups -OCH3 is 4. The highest BCUT2D eigenvalue weighted by Crippen LogP contribution is 2.28. The van der Waals surface area contributed by atoms with E-state index in [1.54, 1.807) is 0 Å². The molecule has 11 heteroatoms. The van der Waals surface area contributed by atoms with Crippen LogP contribution in [0.5, 0.6) is 35.0 Å². The van der Waals surface area contributed by atoms with Gasteiger partial charge in [0.05, 0.1) is 28.4 Å². The minimum absolute atomic E-state index is 0.156. The zero-order chi connectivity index (χ0) is 16.7. The molecular formula is C12H15BN4O6. The molecule has 122 valence electrons. The van der Waals surface area contributed by atoms with Gasteiger partial charge in [-0.05, 0) is 0 Å². The monoisotopic (exact) mass is 322 g/mol. The summed E-state index contributed by atoms with van der Waals surface area (Å²) < 4.78 is 31.0. The first kappa shape index (κ1) is 16.4. The summed E-state index contributed by atoms with van der Waals surface area (Å²) in [7, 11) is 5.68. The zero-order valence-electron chi connectivity index (χ0n) is 13.1. The predicted octanol–water partition coefficient (Wildman–Crippen LogP) is 0.0253. The van der Waals surface area contributed by atoms with Gasteiger partial charge in [0.25, 0.3) is 11.8 Å². The summed E-state index contributed by atoms with van der Waals surface area (Å²) >= 11 is 0. The molecule has 0 unspecified atom stereocenters. The fourth-order valence-corrected chi connectivity index (χ4v) is 1.54. The Morgan fingerprint density at radius 1 is 0.652 bits per heavy atom. The van der Waals surface area contributed by atoms with E-state index in [1.165, 1.54) is 40.6 Å². The lowest BCUT2D eigenvalue weighted by atomic mass is 10.3. The molecule has 0 aliphatic heterocycles. The molecular weight excluding hydrogens is 307 g/mol. The van der Waals surface area contributed by atoms with E-state index in [1.807, 2.05) is 0 Å². The highest BCUT2D eigenvalue weighted by atomic mass is 16.6. The number of hydrogen-bond acceptors (Lipinski definition) is 10. The van der Waals surface area contributed by atoms with Crippen LogP contribution in [0.25, 0.3) is 0 Å². The van der Waals surface area contributed by atoms with Crippen LogP contribution in [-0.2, 0) is 0 Å². The number of ether oxygens (including phenoxy) is 4. The molecule has 0 spiro atoms. The second-order valence-electron chi connectivity index (χ2n) is 3.93. The SMILES string of the molecule is COc1cc(OBOc2cc(OC)nnc2OC)c(OC)nn1. The average Bonchev–Trinajstić information content (AvgIpc) is 2.61. The quantitative estimate of drug-likeness (QED) is 0.617. The van der Waals surface area contributed by atoms with Crippen LogP contribution >= 0.6 is 0 Å². The fourth-order valence-electron chi connectivity index (χ4n) is 1.54. The van der Waals surface area contributed by atoms with Crippen LogP contribution in [0.15, 0.2) is 12.1 Å². The van der Waals surface area contributed by atoms with Crippen molar-refractivity contribution < 1.29 is 28.3 Å². The van der Waals surface area contributed by atoms with Crippen LogP contribution < -0.4 is 28.3 Å². The van der Waals surface area contributed by atoms with Crippen molar-refractivity contribution in [1.82, 2.24) is 20.4 Å². The zero-order valence-corrected chi connectivity index (χ0v) is 13.1. The maximum Gasteiger partial charge on any atom is 0.576 e. The van der Waals surface area contributed by atoms with Gasteiger partial charge in [0.2, 0.25) is 11.8 Å². The highest BCUT2D eigenvalue weighted by molar-refractivity contribution is 6.21. The van der Waals surface area contributed by atoms with E-state index in [0.717, 1.165) is 0 Å². The number of aromatic nitrogens is 4. The van der Waals surface area contributed by atoms with Gasteiger partial charge in [0, 0.05) is 12.1 Å². The van der Waals surface area contributed by atoms with Crippen molar-refractivity contribution in [3.63, 3.8) is 0 Å². The molecule has 2 rings (SSSR count). The van der Waals surface area contributed by atoms with E-state index in [0.29, 0.717) is 11.5 Å². The summed E-state index contributed by atoms with van der Waals surface area (Å²) in [5.41, 5.74) is 0. The highest BCUT2D eigenvalue weighted by Gasteiger charge is 2.14. The molecule has 0 aliphatic carbocycles. The van der Waals surface area contributed by atoms with E-state index < -0.39 is 0 Å². The van der Waals surface area contributed by atoms with Crippen molar-refractivity contribution >= 4 is 7.69 Å². The number of hydrogen-bond donors (Lipinski definition) is 0. The molecule has 0 N–H and O–H groups in total. The summed E-state index contributed by atoms with van der Waals surface area (Å²) in [6, 6.07) is 3.05. The summed E-state index contributed by atoms with van der Waals surface area (Å²) in [5, 5.41) is 15.2. The van der Waals surface area contributed by atoms with Crippen LogP contribution in [0.2, 0.25) is 0 Å². The number of rotatable bonds is 8. The third-order valence-electron chi connectivity index (χ3n) is 2.64. The minimum atomic E-state index is -0.156. The summed E-state index contributed by atoms with van der Waals surface area (Å²) in [4.78, 5) is 0. The average molecular weight is 322 g/mol. The minimum Gasteiger partial charge on any atom is -0.524 e. The molecule has 0 bridgehead atoms. The number of nitrogens with zero attached hydrogens (tertiary/aromatic N) is 4. The van der Waals surface area contributed by atoms with Crippen LogP contribution in [-0.4, -0.2) is 56.5 Å². The summed E-state index contributed by atoms with van der Waals surface area (Å²) in [6.45, 7) is 0. The van der Waals surface area contributed by atoms with E-state index in [-0.39, 0.29) is 31.2 Å². The van der Waals surface area contributed by atoms with E-state index in [2.05, 4.69) is 20.4 Å². The van der Waals surface area contributed by atoms with Gasteiger partial charge in [-0.2, -0.15) is 0 Å². The van der Waals surface area contributed by atoms with Gasteiger partial charge in [-0.1, -0.05) is 0 Å². The summed E-state index contributed by atoms with van der Waals surface area (Å²) in [6.07, 6.45) is 0. The van der Waals surface area contributed by atoms with Gasteiger partial charge in [-0.25, -0.2) is 0 Å². The third kappa shape index (κ3) is 4.02. The van der Waals surface area contributed by atoms with Gasteiger partial charge in [0.15, 0.2) is 11.5 Å². The molecule has 2 aromatic heterocycles. The Labute approximate surface area is 133 Å². The van der Waals surface area contributed by atoms with Crippen LogP contribution in [0, 0.1) is 0 Å². The van der Waals surface area contributed by atoms with E-state index in [4.69, 9.17) is 28.3 Å². The second-order valence-corrected chi connectivity index (χ2v) is 3.93. The molecule has 0 radical (unpaired) electrons. The van der Waals surface area contributed by atoms with E-state index >= 15 is 0 Å². The van der Waals surface area contributed by atoms with Crippen molar-refractivity contribution in [1.29, 1.82) is 0 Å². The Balaban J connectivity index is 2.07. The van der Waals surface area contributed by atoms with Crippen molar-refractivity contribution in [2.45, 2.75) is 0 Å². The predicted molar refractivity (Wildman–Crippen MR) is 78.7 cm³/mol. The van der Waals surface area contributed by atoms with Gasteiger partial charge < -0.3 is 28.3 Å². The smallest absolute Gasteiger partial charge is 0.524 e. The Bertz CT molecular complexity index is 604. The lowest BCUT2D eigenvalue weighted by Crippen LogP contribution is -2.13. The van der Waals surface area contributed by atoms with Crippen molar-refractivity contribution in [3.8, 4) is 35.0 Å². The first-order chi connectivity index (χ1) is 11.2. The van der Waals surface area contributed by atoms with Crippen LogP contribution in [0.1, 0.15) is 0 Å². The van der Waals surface area contributed by atoms with Gasteiger partial charge in [0.1, 0.15) is 0 Å². The Kier molecular flexibility index (Phi) is 5.61. The topological polar surface area (TPSA) is 107 Å². The van der Waals surface area contributed by atoms with Gasteiger partial charge in [-0.3, -0.25) is 0 Å². The largest absolute Gasteiger partial charge is 0.576 e. The maximum absolute atomic E-state index is 5.47. The molecule has 10 nitrogen and oxygen atoms in total. The first-order valence-electron chi connectivity index (χ1n) is 6.38. The van der Waals surface area contributed by atoms with Crippen molar-refractivity contribution in [2.24, 2.45) is 0 Å². The molecule has 0 aliphatic rings. The second kappa shape index (κ2) is 7.87. The Hall–Kier alpha value is -2.98. The molecule has 2 aromatic rings. The van der Waals surface area contributed by atoms with Crippen LogP contribution in [0.3, 0.4) is 0 Å². The normalized spacial score (nSPS) is 9.74. The van der Waals surface area contributed by atoms with Crippen molar-refractivity contribution in [2.75, 3.05) is 28.4 Å². The Morgan fingerprint density at radius 2 is 1.09 bits per heavy atom. The van der Waals surface area contributed by atoms with Gasteiger partial charge >= 0.3 is 7.69 Å². The Morgan fingerprint density at radius 3 is 1.43 bits per heavy atom. The maximum atomic E-state index is 5.47. The molecule has 0 saturated heterocycles. The molecule has 0 fully saturated rings. The molecule has 0 saturated carbocycles. The molecule has 2 heterocycles. The van der Waals surface area contributed by atoms with Gasteiger partial charge in [-0.15, -0.1) is 20.4 Å². The standard InChI is InChI=1S/C12H15BN4O6/c1-18-9-5-7(11(20-3)16-14-9)22-13-23-8-6-10(19-2)15-17-12(8)21-4/h5-6,13H,1-4H3. The van der Waals surface area contributed by atoms with Crippen LogP contribution in [0.4, 0.5) is 0 Å². The third-order valence-corrected chi connectivity index (χ3v) is 2.64. The molecule has 0 amide bonds. The fraction of sp³-hybridized carbons (Fsp3) is 0.333. The van der Waals surface area contributed by atoms with E-state index in [9.17, 15) is 0 Å².